The van der Waals surface area contributed by atoms with Gasteiger partial charge in [0.1, 0.15) is 52.2 Å². The molecule has 738 valence electrons. The lowest BCUT2D eigenvalue weighted by molar-refractivity contribution is 0.00578. The smallest absolute Gasteiger partial charge is 0.399 e. The quantitative estimate of drug-likeness (QED) is 0.0204. The molecule has 0 saturated carbocycles. The summed E-state index contributed by atoms with van der Waals surface area (Å²) in [6.07, 6.45) is 7.42. The average Bonchev–Trinajstić information content (AvgIpc) is 0.802. The van der Waals surface area contributed by atoms with Gasteiger partial charge in [-0.15, -0.1) is 0 Å². The molecule has 0 amide bonds. The molecule has 10 aromatic rings. The Balaban J connectivity index is 0.000000302. The number of hydrogen-bond acceptors (Lipinski definition) is 21. The molecule has 1 fully saturated rings. The number of nitrogens with zero attached hydrogens (tertiary/aromatic N) is 3. The van der Waals surface area contributed by atoms with Crippen LogP contribution < -0.4 is 26.0 Å². The Bertz CT molecular complexity index is 6930. The largest absolute Gasteiger partial charge is 0.496 e. The molecule has 0 spiro atoms. The van der Waals surface area contributed by atoms with Crippen LogP contribution in [0, 0.1) is 46.5 Å². The molecule has 0 unspecified atom stereocenters. The number of aryl methyl sites for hydroxylation is 2. The SMILES string of the molecule is C.CS(=O)(=O)Cc1cc(Br)c(C(=O)c2ccc(F)cc2)cc1F.CS(=O)(=O)Cl.CS(=O)(=O)N(c1cc(Br)c(C(=O)c2ccc(F)cc2)cc1F)S(C)(=O)=O.C[C@H](C[S@@](=O)C(C)(C)C)c1cc(=O)n(C)cc1-c1cc(CS(C)(=O)=O)c(F)cc1C(=O)c1ccc(F)cc1.C[C@H](C[S@@](=O)C(C)(C)C)c1cc(=O)n(C)cc1B1OC(C)(C)C(C)(C)O1.Nc1cc(Br)c(C(=O)c2ccc(F)cc2)cc1F. The van der Waals surface area contributed by atoms with Gasteiger partial charge in [0, 0.05) is 184 Å². The van der Waals surface area contributed by atoms with E-state index in [4.69, 9.17) is 15.0 Å². The zero-order chi connectivity index (χ0) is 103. The van der Waals surface area contributed by atoms with Gasteiger partial charge in [-0.1, -0.05) is 37.2 Å². The van der Waals surface area contributed by atoms with E-state index in [1.807, 2.05) is 83.1 Å². The lowest BCUT2D eigenvalue weighted by Crippen LogP contribution is -2.41. The van der Waals surface area contributed by atoms with E-state index in [9.17, 15) is 110 Å². The van der Waals surface area contributed by atoms with Crippen LogP contribution in [0.15, 0.2) is 193 Å². The number of sulfonamides is 2. The van der Waals surface area contributed by atoms with Gasteiger partial charge in [-0.05, 0) is 275 Å². The van der Waals surface area contributed by atoms with Crippen molar-refractivity contribution in [1.82, 2.24) is 9.13 Å². The monoisotopic (exact) mass is 2240 g/mol. The van der Waals surface area contributed by atoms with E-state index in [-0.39, 0.29) is 115 Å². The third-order valence-electron chi connectivity index (χ3n) is 20.1. The third kappa shape index (κ3) is 33.4. The Labute approximate surface area is 821 Å². The molecule has 136 heavy (non-hydrogen) atoms. The highest BCUT2D eigenvalue weighted by Gasteiger charge is 2.53. The average molecular weight is 2250 g/mol. The van der Waals surface area contributed by atoms with Crippen molar-refractivity contribution < 1.29 is 114 Å². The van der Waals surface area contributed by atoms with Gasteiger partial charge in [0.15, 0.2) is 42.8 Å². The van der Waals surface area contributed by atoms with E-state index in [2.05, 4.69) is 58.5 Å². The summed E-state index contributed by atoms with van der Waals surface area (Å²) in [6, 6.07) is 30.8. The lowest BCUT2D eigenvalue weighted by atomic mass is 9.74. The summed E-state index contributed by atoms with van der Waals surface area (Å²) in [5, 5.41) is 0. The summed E-state index contributed by atoms with van der Waals surface area (Å²) in [6.45, 7) is 23.3. The van der Waals surface area contributed by atoms with Gasteiger partial charge in [0.05, 0.1) is 47.2 Å². The van der Waals surface area contributed by atoms with Gasteiger partial charge < -0.3 is 24.2 Å². The maximum Gasteiger partial charge on any atom is 0.496 e. The van der Waals surface area contributed by atoms with Crippen molar-refractivity contribution in [2.75, 3.05) is 52.2 Å². The van der Waals surface area contributed by atoms with Gasteiger partial charge in [0.25, 0.3) is 5.56 Å². The van der Waals surface area contributed by atoms with Gasteiger partial charge in [-0.2, -0.15) is 3.71 Å². The number of sulfone groups is 2. The van der Waals surface area contributed by atoms with Crippen LogP contribution in [0.1, 0.15) is 188 Å². The summed E-state index contributed by atoms with van der Waals surface area (Å²) in [4.78, 5) is 75.2. The third-order valence-corrected chi connectivity index (χ3v) is 31.3. The number of carbonyl (C=O) groups is 4. The molecule has 2 aromatic heterocycles. The molecular formula is C92H101BBr3ClF8N4O20S7. The standard InChI is InChI=1S/C28H31F2NO5S2.C19H32BNO4S.C15H12BrF2NO5S2.C15H11BrF2O3S.C13H8BrF2NO.CH3ClO2S.CH4/c1-17(15-37(34)28(2,3)4)21-13-26(32)31(5)14-24(21)22-11-19(16-38(6,35)36)25(30)12-23(22)27(33)18-7-9-20(29)10-8-18;1-13(12-26(23)17(2,3)4)14-10-16(22)21(9)11-15(14)20-24-18(5,6)19(7,8)25-20;1-25(21,22)19(26(2,23)24)14-8-12(16)11(7-13(14)18)15(20)9-3-5-10(17)6-4-9;1-22(20,21)8-10-6-13(16)12(7-14(10)18)15(19)9-2-4-11(17)5-3-9;14-10-6-12(17)11(16)5-9(10)13(18)7-1-3-8(15)4-2-7;1-5(2,3)4;/h7-14,17H,15-16H2,1-6H3;10-11,13H,12H2,1-9H3;3-8H,1-2H3;2-7H,8H2,1H3;1-6H,17H2;1H3;1H4/t17-,37-;13-,26-;;;;;/m11...../s1. The van der Waals surface area contributed by atoms with Crippen LogP contribution in [0.3, 0.4) is 0 Å². The summed E-state index contributed by atoms with van der Waals surface area (Å²) in [5.41, 5.74) is 6.50. The number of carbonyl (C=O) groups excluding carboxylic acids is 4. The summed E-state index contributed by atoms with van der Waals surface area (Å²) in [5.74, 6) is -8.49. The number of anilines is 2. The number of hydrogen-bond donors (Lipinski definition) is 1. The minimum Gasteiger partial charge on any atom is -0.399 e. The fourth-order valence-electron chi connectivity index (χ4n) is 12.5. The second-order valence-electron chi connectivity index (χ2n) is 34.3. The van der Waals surface area contributed by atoms with E-state index >= 15 is 4.39 Å². The van der Waals surface area contributed by atoms with Crippen molar-refractivity contribution in [2.45, 2.75) is 135 Å². The highest BCUT2D eigenvalue weighted by Crippen LogP contribution is 2.40. The van der Waals surface area contributed by atoms with Crippen molar-refractivity contribution in [3.05, 3.63) is 318 Å². The van der Waals surface area contributed by atoms with Crippen LogP contribution in [-0.4, -0.2) is 153 Å². The zero-order valence-corrected chi connectivity index (χ0v) is 87.4. The predicted molar refractivity (Wildman–Crippen MR) is 530 cm³/mol. The van der Waals surface area contributed by atoms with E-state index in [0.29, 0.717) is 39.9 Å². The van der Waals surface area contributed by atoms with Gasteiger partial charge in [-0.3, -0.25) is 37.2 Å². The van der Waals surface area contributed by atoms with Gasteiger partial charge in [-0.25, -0.2) is 77.2 Å². The van der Waals surface area contributed by atoms with Crippen LogP contribution in [0.2, 0.25) is 0 Å². The minimum atomic E-state index is -4.35. The maximum absolute atomic E-state index is 15.2. The first-order valence-corrected chi connectivity index (χ1v) is 55.4. The van der Waals surface area contributed by atoms with Crippen LogP contribution in [-0.2, 0) is 105 Å². The zero-order valence-electron chi connectivity index (χ0n) is 76.2. The lowest BCUT2D eigenvalue weighted by Gasteiger charge is -2.32. The summed E-state index contributed by atoms with van der Waals surface area (Å²) >= 11 is 9.31. The molecule has 4 atom stereocenters. The minimum absolute atomic E-state index is 0. The van der Waals surface area contributed by atoms with Crippen molar-refractivity contribution in [2.24, 2.45) is 14.1 Å². The molecule has 1 aliphatic heterocycles. The van der Waals surface area contributed by atoms with Crippen LogP contribution in [0.5, 0.6) is 0 Å². The molecule has 1 aliphatic rings. The van der Waals surface area contributed by atoms with Gasteiger partial charge in [0.2, 0.25) is 34.7 Å². The van der Waals surface area contributed by atoms with Crippen LogP contribution >= 0.6 is 58.5 Å². The summed E-state index contributed by atoms with van der Waals surface area (Å²) in [7, 11) is -14.0. The molecule has 0 bridgehead atoms. The first kappa shape index (κ1) is 118. The highest BCUT2D eigenvalue weighted by molar-refractivity contribution is 9.11. The topological polar surface area (TPSA) is 365 Å². The van der Waals surface area contributed by atoms with Crippen molar-refractivity contribution in [3.63, 3.8) is 0 Å². The van der Waals surface area contributed by atoms with E-state index < -0.39 is 186 Å². The Hall–Kier alpha value is -8.86. The second-order valence-corrected chi connectivity index (χ2v) is 52.6. The van der Waals surface area contributed by atoms with Crippen molar-refractivity contribution in [1.29, 1.82) is 0 Å². The predicted octanol–water partition coefficient (Wildman–Crippen LogP) is 17.6. The Morgan fingerprint density at radius 2 is 0.750 bits per heavy atom. The Kier molecular flexibility index (Phi) is 40.6. The van der Waals surface area contributed by atoms with Crippen molar-refractivity contribution in [3.8, 4) is 11.1 Å². The number of pyridine rings is 2. The molecule has 0 radical (unpaired) electrons. The van der Waals surface area contributed by atoms with Crippen LogP contribution in [0.4, 0.5) is 46.5 Å². The number of halogens is 12. The summed E-state index contributed by atoms with van der Waals surface area (Å²) < 4.78 is 262. The molecule has 8 aromatic carbocycles. The molecule has 2 N–H and O–H groups in total. The number of nitrogens with two attached hydrogens (primary N) is 1. The normalized spacial score (nSPS) is 13.9. The number of benzene rings is 8. The Morgan fingerprint density at radius 3 is 1.10 bits per heavy atom. The molecule has 11 rings (SSSR count). The first-order valence-electron chi connectivity index (χ1n) is 39.9. The maximum atomic E-state index is 15.2. The molecule has 3 heterocycles. The van der Waals surface area contributed by atoms with E-state index in [1.165, 1.54) is 107 Å². The first-order chi connectivity index (χ1) is 61.6. The number of nitrogen functional groups attached to an aromatic ring is 1. The van der Waals surface area contributed by atoms with E-state index in [0.717, 1.165) is 90.5 Å². The Morgan fingerprint density at radius 1 is 0.456 bits per heavy atom. The number of ketones is 4. The van der Waals surface area contributed by atoms with E-state index in [1.54, 1.807) is 19.3 Å². The van der Waals surface area contributed by atoms with Gasteiger partial charge >= 0.3 is 7.12 Å². The molecule has 1 saturated heterocycles. The van der Waals surface area contributed by atoms with Crippen LogP contribution in [0.25, 0.3) is 11.1 Å². The highest BCUT2D eigenvalue weighted by atomic mass is 79.9. The molecular weight excluding hydrogens is 2140 g/mol. The number of rotatable bonds is 23. The molecule has 0 aliphatic carbocycles. The molecule has 44 heteroatoms. The fourth-order valence-corrected chi connectivity index (χ4v) is 20.9. The number of aromatic nitrogens is 2. The molecule has 24 nitrogen and oxygen atoms in total. The van der Waals surface area contributed by atoms with Crippen molar-refractivity contribution >= 4 is 176 Å². The fraction of sp³-hybridized carbons (Fsp3) is 0.326. The second kappa shape index (κ2) is 46.9.